The minimum Gasteiger partial charge on any atom is -0.489 e. The molecule has 0 fully saturated rings. The maximum Gasteiger partial charge on any atom is 0.132 e. The molecule has 3 heteroatoms. The second-order valence-electron chi connectivity index (χ2n) is 6.56. The van der Waals surface area contributed by atoms with Gasteiger partial charge in [0.2, 0.25) is 0 Å². The van der Waals surface area contributed by atoms with E-state index in [-0.39, 0.29) is 11.7 Å². The van der Waals surface area contributed by atoms with Crippen molar-refractivity contribution in [2.45, 2.75) is 34.1 Å². The van der Waals surface area contributed by atoms with Crippen molar-refractivity contribution in [3.05, 3.63) is 69.7 Å². The Morgan fingerprint density at radius 1 is 1.00 bits per heavy atom. The lowest BCUT2D eigenvalue weighted by molar-refractivity contribution is -0.120. The number of ether oxygens (including phenoxy) is 1. The van der Waals surface area contributed by atoms with Crippen LogP contribution in [0.3, 0.4) is 0 Å². The zero-order valence-electron chi connectivity index (χ0n) is 15.3. The molecule has 1 unspecified atom stereocenters. The van der Waals surface area contributed by atoms with Crippen molar-refractivity contribution in [3.63, 3.8) is 0 Å². The summed E-state index contributed by atoms with van der Waals surface area (Å²) in [6.45, 7) is 8.39. The predicted octanol–water partition coefficient (Wildman–Crippen LogP) is 6.09. The highest BCUT2D eigenvalue weighted by molar-refractivity contribution is 9.10. The molecule has 0 heterocycles. The summed E-state index contributed by atoms with van der Waals surface area (Å²) in [5.41, 5.74) is 4.81. The molecule has 0 amide bonds. The molecule has 0 aliphatic heterocycles. The Hall–Kier alpha value is -1.87. The van der Waals surface area contributed by atoms with Crippen LogP contribution in [0.25, 0.3) is 5.57 Å². The third-order valence-corrected chi connectivity index (χ3v) is 5.06. The molecular formula is C22H25BrO2. The molecule has 0 spiro atoms. The molecule has 25 heavy (non-hydrogen) atoms. The van der Waals surface area contributed by atoms with Crippen LogP contribution in [0.1, 0.15) is 38.8 Å². The summed E-state index contributed by atoms with van der Waals surface area (Å²) in [6.07, 6.45) is 0.775. The predicted molar refractivity (Wildman–Crippen MR) is 108 cm³/mol. The summed E-state index contributed by atoms with van der Waals surface area (Å²) in [7, 11) is 0. The van der Waals surface area contributed by atoms with E-state index in [1.807, 2.05) is 43.3 Å². The Kier molecular flexibility index (Phi) is 7.01. The maximum atomic E-state index is 11.4. The molecule has 132 valence electrons. The number of rotatable bonds is 7. The first-order valence-electron chi connectivity index (χ1n) is 8.51. The zero-order valence-corrected chi connectivity index (χ0v) is 16.9. The minimum absolute atomic E-state index is 0.0607. The number of halogens is 1. The van der Waals surface area contributed by atoms with Crippen LogP contribution in [0.2, 0.25) is 0 Å². The average molecular weight is 401 g/mol. The van der Waals surface area contributed by atoms with Crippen LogP contribution in [-0.4, -0.2) is 12.4 Å². The second-order valence-corrected chi connectivity index (χ2v) is 7.48. The van der Waals surface area contributed by atoms with Gasteiger partial charge < -0.3 is 4.74 Å². The number of carbonyl (C=O) groups excluding carboxylic acids is 1. The van der Waals surface area contributed by atoms with Gasteiger partial charge in [0.05, 0.1) is 0 Å². The molecule has 2 aromatic rings. The number of carbonyl (C=O) groups is 1. The quantitative estimate of drug-likeness (QED) is 0.561. The highest BCUT2D eigenvalue weighted by Crippen LogP contribution is 2.22. The van der Waals surface area contributed by atoms with Crippen molar-refractivity contribution in [1.29, 1.82) is 0 Å². The van der Waals surface area contributed by atoms with Gasteiger partial charge in [0.15, 0.2) is 0 Å². The number of hydrogen-bond acceptors (Lipinski definition) is 2. The normalized spacial score (nSPS) is 13.2. The van der Waals surface area contributed by atoms with Crippen LogP contribution in [0.4, 0.5) is 0 Å². The van der Waals surface area contributed by atoms with Crippen LogP contribution < -0.4 is 4.74 Å². The van der Waals surface area contributed by atoms with Crippen molar-refractivity contribution in [1.82, 2.24) is 0 Å². The first kappa shape index (κ1) is 19.5. The van der Waals surface area contributed by atoms with Gasteiger partial charge >= 0.3 is 0 Å². The van der Waals surface area contributed by atoms with Gasteiger partial charge in [0.25, 0.3) is 0 Å². The van der Waals surface area contributed by atoms with Crippen molar-refractivity contribution in [2.75, 3.05) is 6.61 Å². The number of allylic oxidation sites excluding steroid dienone is 1. The molecule has 0 N–H and O–H groups in total. The van der Waals surface area contributed by atoms with E-state index in [1.54, 1.807) is 6.92 Å². The lowest BCUT2D eigenvalue weighted by Gasteiger charge is -2.12. The highest BCUT2D eigenvalue weighted by Gasteiger charge is 2.08. The Labute approximate surface area is 159 Å². The molecule has 0 saturated carbocycles. The Bertz CT molecular complexity index is 743. The molecule has 2 nitrogen and oxygen atoms in total. The summed E-state index contributed by atoms with van der Waals surface area (Å²) in [4.78, 5) is 11.4. The minimum atomic E-state index is 0.0607. The van der Waals surface area contributed by atoms with Crippen LogP contribution in [-0.2, 0) is 11.2 Å². The van der Waals surface area contributed by atoms with Gasteiger partial charge in [-0.2, -0.15) is 0 Å². The summed E-state index contributed by atoms with van der Waals surface area (Å²) in [6, 6.07) is 16.3. The lowest BCUT2D eigenvalue weighted by Crippen LogP contribution is -2.09. The molecule has 0 radical (unpaired) electrons. The number of Topliss-reactive ketones (excluding diaryl/α,β-unsaturated/α-hetero) is 1. The Morgan fingerprint density at radius 2 is 1.60 bits per heavy atom. The molecule has 0 aromatic heterocycles. The molecular weight excluding hydrogens is 376 g/mol. The molecule has 0 bridgehead atoms. The van der Waals surface area contributed by atoms with Crippen molar-refractivity contribution in [2.24, 2.45) is 5.92 Å². The topological polar surface area (TPSA) is 26.3 Å². The maximum absolute atomic E-state index is 11.4. The highest BCUT2D eigenvalue weighted by atomic mass is 79.9. The first-order chi connectivity index (χ1) is 11.9. The fourth-order valence-corrected chi connectivity index (χ4v) is 2.73. The van der Waals surface area contributed by atoms with Gasteiger partial charge in [0.1, 0.15) is 18.1 Å². The third kappa shape index (κ3) is 5.86. The molecule has 1 atom stereocenters. The van der Waals surface area contributed by atoms with Gasteiger partial charge in [0, 0.05) is 10.4 Å². The van der Waals surface area contributed by atoms with Crippen molar-refractivity contribution in [3.8, 4) is 5.75 Å². The largest absolute Gasteiger partial charge is 0.489 e. The summed E-state index contributed by atoms with van der Waals surface area (Å²) < 4.78 is 6.99. The van der Waals surface area contributed by atoms with E-state index in [4.69, 9.17) is 4.74 Å². The number of hydrogen-bond donors (Lipinski definition) is 0. The van der Waals surface area contributed by atoms with Gasteiger partial charge in [-0.05, 0) is 73.7 Å². The third-order valence-electron chi connectivity index (χ3n) is 4.53. The van der Waals surface area contributed by atoms with E-state index >= 15 is 0 Å². The Morgan fingerprint density at radius 3 is 2.16 bits per heavy atom. The van der Waals surface area contributed by atoms with E-state index in [0.29, 0.717) is 6.61 Å². The first-order valence-corrected chi connectivity index (χ1v) is 9.30. The summed E-state index contributed by atoms with van der Waals surface area (Å²) in [5, 5.41) is 0. The smallest absolute Gasteiger partial charge is 0.132 e. The molecule has 2 aromatic carbocycles. The lowest BCUT2D eigenvalue weighted by atomic mass is 9.98. The van der Waals surface area contributed by atoms with Gasteiger partial charge in [-0.15, -0.1) is 0 Å². The van der Waals surface area contributed by atoms with E-state index in [1.165, 1.54) is 16.7 Å². The van der Waals surface area contributed by atoms with Crippen LogP contribution in [0.5, 0.6) is 5.75 Å². The van der Waals surface area contributed by atoms with Crippen LogP contribution in [0, 0.1) is 5.92 Å². The summed E-state index contributed by atoms with van der Waals surface area (Å²) >= 11 is 3.46. The molecule has 0 aliphatic carbocycles. The fraction of sp³-hybridized carbons (Fsp3) is 0.318. The van der Waals surface area contributed by atoms with E-state index in [9.17, 15) is 4.79 Å². The van der Waals surface area contributed by atoms with Crippen LogP contribution in [0.15, 0.2) is 58.6 Å². The van der Waals surface area contributed by atoms with Crippen molar-refractivity contribution >= 4 is 27.3 Å². The molecule has 2 rings (SSSR count). The van der Waals surface area contributed by atoms with Gasteiger partial charge in [-0.25, -0.2) is 0 Å². The van der Waals surface area contributed by atoms with Crippen LogP contribution >= 0.6 is 15.9 Å². The van der Waals surface area contributed by atoms with Gasteiger partial charge in [-0.3, -0.25) is 4.79 Å². The van der Waals surface area contributed by atoms with E-state index in [0.717, 1.165) is 22.2 Å². The van der Waals surface area contributed by atoms with E-state index < -0.39 is 0 Å². The average Bonchev–Trinajstić information content (AvgIpc) is 2.60. The number of ketones is 1. The Balaban J connectivity index is 1.97. The number of benzene rings is 2. The molecule has 0 saturated heterocycles. The monoisotopic (exact) mass is 400 g/mol. The van der Waals surface area contributed by atoms with Gasteiger partial charge in [-0.1, -0.05) is 47.1 Å². The second kappa shape index (κ2) is 9.00. The summed E-state index contributed by atoms with van der Waals surface area (Å²) in [5.74, 6) is 1.14. The molecule has 0 aliphatic rings. The fourth-order valence-electron chi connectivity index (χ4n) is 2.47. The van der Waals surface area contributed by atoms with Crippen molar-refractivity contribution < 1.29 is 9.53 Å². The SMILES string of the molecule is CC(=O)C(C)Cc1ccc(OC/C(C)=C(\C)c2ccc(Br)cc2)cc1. The standard InChI is InChI=1S/C22H25BrO2/c1-15(18(4)24)13-19-5-11-22(12-6-19)25-14-16(2)17(3)20-7-9-21(23)10-8-20/h5-12,15H,13-14H2,1-4H3/b17-16+. The van der Waals surface area contributed by atoms with E-state index in [2.05, 4.69) is 41.9 Å². The zero-order chi connectivity index (χ0) is 18.4.